The number of carbonyl (C=O) groups excluding carboxylic acids is 2. The predicted octanol–water partition coefficient (Wildman–Crippen LogP) is 1.55. The van der Waals surface area contributed by atoms with Gasteiger partial charge in [0.05, 0.1) is 5.52 Å². The standard InChI is InChI=1S/C12H11NO5/c1-7(14)17-6-18-12(16)9-5-8-3-2-4-10(15)11(8)13-9/h2-5,13,15H,6H2,1H3. The van der Waals surface area contributed by atoms with Gasteiger partial charge in [0.1, 0.15) is 11.4 Å². The summed E-state index contributed by atoms with van der Waals surface area (Å²) in [5.74, 6) is -1.14. The Morgan fingerprint density at radius 1 is 1.33 bits per heavy atom. The van der Waals surface area contributed by atoms with Gasteiger partial charge in [0.15, 0.2) is 0 Å². The molecule has 1 heterocycles. The van der Waals surface area contributed by atoms with E-state index in [-0.39, 0.29) is 11.4 Å². The summed E-state index contributed by atoms with van der Waals surface area (Å²) in [5, 5.41) is 10.3. The Balaban J connectivity index is 2.13. The average molecular weight is 249 g/mol. The van der Waals surface area contributed by atoms with Crippen LogP contribution in [-0.4, -0.2) is 28.8 Å². The number of aromatic amines is 1. The van der Waals surface area contributed by atoms with Crippen molar-refractivity contribution in [3.05, 3.63) is 30.0 Å². The summed E-state index contributed by atoms with van der Waals surface area (Å²) in [6.45, 7) is 0.782. The zero-order valence-electron chi connectivity index (χ0n) is 9.60. The highest BCUT2D eigenvalue weighted by atomic mass is 16.7. The topological polar surface area (TPSA) is 88.6 Å². The van der Waals surface area contributed by atoms with Gasteiger partial charge in [-0.15, -0.1) is 0 Å². The fourth-order valence-electron chi connectivity index (χ4n) is 1.49. The molecule has 0 saturated carbocycles. The Labute approximate surface area is 102 Å². The van der Waals surface area contributed by atoms with Crippen molar-refractivity contribution in [1.29, 1.82) is 0 Å². The van der Waals surface area contributed by atoms with Crippen LogP contribution in [-0.2, 0) is 14.3 Å². The molecule has 0 aliphatic carbocycles. The Hall–Kier alpha value is -2.50. The second kappa shape index (κ2) is 4.79. The molecule has 18 heavy (non-hydrogen) atoms. The van der Waals surface area contributed by atoms with E-state index in [9.17, 15) is 14.7 Å². The normalized spacial score (nSPS) is 10.3. The van der Waals surface area contributed by atoms with Crippen molar-refractivity contribution in [3.63, 3.8) is 0 Å². The molecule has 2 aromatic rings. The Kier molecular flexibility index (Phi) is 3.18. The van der Waals surface area contributed by atoms with Crippen LogP contribution in [0.3, 0.4) is 0 Å². The fraction of sp³-hybridized carbons (Fsp3) is 0.167. The number of aromatic nitrogens is 1. The molecule has 0 saturated heterocycles. The van der Waals surface area contributed by atoms with Crippen molar-refractivity contribution in [3.8, 4) is 5.75 Å². The lowest BCUT2D eigenvalue weighted by Crippen LogP contribution is -2.11. The highest BCUT2D eigenvalue weighted by molar-refractivity contribution is 5.96. The minimum absolute atomic E-state index is 0.0477. The first kappa shape index (κ1) is 12.0. The number of aromatic hydroxyl groups is 1. The van der Waals surface area contributed by atoms with Crippen LogP contribution in [0.5, 0.6) is 5.75 Å². The number of nitrogens with one attached hydrogen (secondary N) is 1. The summed E-state index contributed by atoms with van der Waals surface area (Å²) in [6.07, 6.45) is 0. The molecule has 6 nitrogen and oxygen atoms in total. The van der Waals surface area contributed by atoms with E-state index in [1.54, 1.807) is 18.2 Å². The smallest absolute Gasteiger partial charge is 0.357 e. The summed E-state index contributed by atoms with van der Waals surface area (Å²) in [7, 11) is 0. The summed E-state index contributed by atoms with van der Waals surface area (Å²) in [4.78, 5) is 24.8. The lowest BCUT2D eigenvalue weighted by atomic mass is 10.2. The van der Waals surface area contributed by atoms with E-state index < -0.39 is 18.7 Å². The minimum Gasteiger partial charge on any atom is -0.506 e. The van der Waals surface area contributed by atoms with Crippen LogP contribution in [0.15, 0.2) is 24.3 Å². The number of benzene rings is 1. The number of ether oxygens (including phenoxy) is 2. The number of fused-ring (bicyclic) bond motifs is 1. The van der Waals surface area contributed by atoms with E-state index in [2.05, 4.69) is 9.72 Å². The van der Waals surface area contributed by atoms with Crippen LogP contribution in [0.25, 0.3) is 10.9 Å². The molecule has 0 unspecified atom stereocenters. The Morgan fingerprint density at radius 2 is 2.11 bits per heavy atom. The summed E-state index contributed by atoms with van der Waals surface area (Å²) in [6, 6.07) is 6.46. The first-order chi connectivity index (χ1) is 8.58. The number of esters is 2. The van der Waals surface area contributed by atoms with Gasteiger partial charge in [0, 0.05) is 12.3 Å². The number of phenolic OH excluding ortho intramolecular Hbond substituents is 1. The fourth-order valence-corrected chi connectivity index (χ4v) is 1.49. The number of rotatable bonds is 3. The number of hydrogen-bond acceptors (Lipinski definition) is 5. The van der Waals surface area contributed by atoms with Crippen molar-refractivity contribution in [2.75, 3.05) is 6.79 Å². The molecule has 0 aliphatic heterocycles. The molecule has 2 N–H and O–H groups in total. The molecule has 0 atom stereocenters. The number of hydrogen-bond donors (Lipinski definition) is 2. The highest BCUT2D eigenvalue weighted by Gasteiger charge is 2.12. The van der Waals surface area contributed by atoms with Crippen molar-refractivity contribution >= 4 is 22.8 Å². The first-order valence-corrected chi connectivity index (χ1v) is 5.19. The van der Waals surface area contributed by atoms with Gasteiger partial charge in [0.25, 0.3) is 0 Å². The molecule has 0 aliphatic rings. The van der Waals surface area contributed by atoms with Gasteiger partial charge >= 0.3 is 11.9 Å². The van der Waals surface area contributed by atoms with E-state index in [0.29, 0.717) is 10.9 Å². The van der Waals surface area contributed by atoms with Crippen LogP contribution < -0.4 is 0 Å². The maximum Gasteiger partial charge on any atom is 0.357 e. The van der Waals surface area contributed by atoms with Crippen molar-refractivity contribution < 1.29 is 24.2 Å². The van der Waals surface area contributed by atoms with Gasteiger partial charge in [0.2, 0.25) is 6.79 Å². The number of carbonyl (C=O) groups is 2. The van der Waals surface area contributed by atoms with E-state index in [4.69, 9.17) is 4.74 Å². The second-order valence-corrected chi connectivity index (χ2v) is 3.61. The first-order valence-electron chi connectivity index (χ1n) is 5.19. The van der Waals surface area contributed by atoms with Gasteiger partial charge in [-0.2, -0.15) is 0 Å². The summed E-state index contributed by atoms with van der Waals surface area (Å²) >= 11 is 0. The summed E-state index contributed by atoms with van der Waals surface area (Å²) in [5.41, 5.74) is 0.635. The summed E-state index contributed by atoms with van der Waals surface area (Å²) < 4.78 is 9.20. The molecule has 2 rings (SSSR count). The highest BCUT2D eigenvalue weighted by Crippen LogP contribution is 2.24. The van der Waals surface area contributed by atoms with Crippen molar-refractivity contribution in [1.82, 2.24) is 4.98 Å². The van der Waals surface area contributed by atoms with Gasteiger partial charge in [-0.25, -0.2) is 4.79 Å². The zero-order chi connectivity index (χ0) is 13.1. The minimum atomic E-state index is -0.660. The quantitative estimate of drug-likeness (QED) is 0.636. The lowest BCUT2D eigenvalue weighted by molar-refractivity contribution is -0.149. The molecule has 0 spiro atoms. The third kappa shape index (κ3) is 2.42. The molecule has 0 radical (unpaired) electrons. The molecule has 1 aromatic heterocycles. The monoisotopic (exact) mass is 249 g/mol. The predicted molar refractivity (Wildman–Crippen MR) is 62.0 cm³/mol. The maximum atomic E-state index is 11.6. The van der Waals surface area contributed by atoms with Gasteiger partial charge < -0.3 is 19.6 Å². The van der Waals surface area contributed by atoms with Gasteiger partial charge in [-0.05, 0) is 12.1 Å². The van der Waals surface area contributed by atoms with Crippen molar-refractivity contribution in [2.24, 2.45) is 0 Å². The molecule has 1 aromatic carbocycles. The van der Waals surface area contributed by atoms with Gasteiger partial charge in [-0.3, -0.25) is 4.79 Å². The molecular weight excluding hydrogens is 238 g/mol. The third-order valence-electron chi connectivity index (χ3n) is 2.31. The van der Waals surface area contributed by atoms with Crippen LogP contribution in [0, 0.1) is 0 Å². The Morgan fingerprint density at radius 3 is 2.78 bits per heavy atom. The molecule has 0 fully saturated rings. The van der Waals surface area contributed by atoms with Gasteiger partial charge in [-0.1, -0.05) is 12.1 Å². The molecular formula is C12H11NO5. The van der Waals surface area contributed by atoms with Crippen LogP contribution in [0.2, 0.25) is 0 Å². The van der Waals surface area contributed by atoms with Crippen molar-refractivity contribution in [2.45, 2.75) is 6.92 Å². The number of H-pyrrole nitrogens is 1. The second-order valence-electron chi connectivity index (χ2n) is 3.61. The van der Waals surface area contributed by atoms with E-state index in [1.807, 2.05) is 0 Å². The molecule has 94 valence electrons. The van der Waals surface area contributed by atoms with Crippen LogP contribution >= 0.6 is 0 Å². The molecule has 0 bridgehead atoms. The maximum absolute atomic E-state index is 11.6. The Bertz CT molecular complexity index is 602. The SMILES string of the molecule is CC(=O)OCOC(=O)c1cc2cccc(O)c2[nH]1. The molecule has 0 amide bonds. The lowest BCUT2D eigenvalue weighted by Gasteiger charge is -2.02. The number of phenols is 1. The number of para-hydroxylation sites is 1. The van der Waals surface area contributed by atoms with E-state index >= 15 is 0 Å². The molecule has 6 heteroatoms. The third-order valence-corrected chi connectivity index (χ3v) is 2.31. The van der Waals surface area contributed by atoms with Crippen LogP contribution in [0.4, 0.5) is 0 Å². The van der Waals surface area contributed by atoms with E-state index in [0.717, 1.165) is 0 Å². The zero-order valence-corrected chi connectivity index (χ0v) is 9.60. The van der Waals surface area contributed by atoms with E-state index in [1.165, 1.54) is 13.0 Å². The van der Waals surface area contributed by atoms with Crippen LogP contribution in [0.1, 0.15) is 17.4 Å². The average Bonchev–Trinajstić information content (AvgIpc) is 2.74. The largest absolute Gasteiger partial charge is 0.506 e.